The lowest BCUT2D eigenvalue weighted by Gasteiger charge is -2.23. The van der Waals surface area contributed by atoms with E-state index in [-0.39, 0.29) is 17.9 Å². The van der Waals surface area contributed by atoms with Crippen LogP contribution >= 0.6 is 0 Å². The largest absolute Gasteiger partial charge is 0.350 e. The van der Waals surface area contributed by atoms with E-state index in [2.05, 4.69) is 16.0 Å². The van der Waals surface area contributed by atoms with Gasteiger partial charge in [-0.2, -0.15) is 0 Å². The molecule has 0 spiro atoms. The number of carbonyl (C=O) groups excluding carboxylic acids is 2. The average molecular weight is 289 g/mol. The van der Waals surface area contributed by atoms with Gasteiger partial charge >= 0.3 is 0 Å². The number of benzene rings is 1. The molecule has 2 amide bonds. The van der Waals surface area contributed by atoms with Crippen LogP contribution in [0.15, 0.2) is 24.3 Å². The van der Waals surface area contributed by atoms with Gasteiger partial charge in [0.05, 0.1) is 5.54 Å². The Morgan fingerprint density at radius 3 is 2.43 bits per heavy atom. The maximum absolute atomic E-state index is 12.2. The van der Waals surface area contributed by atoms with Crippen LogP contribution in [0.3, 0.4) is 0 Å². The number of amides is 2. The fraction of sp³-hybridized carbons (Fsp3) is 0.500. The Morgan fingerprint density at radius 1 is 1.24 bits per heavy atom. The predicted octanol–water partition coefficient (Wildman–Crippen LogP) is 1.91. The summed E-state index contributed by atoms with van der Waals surface area (Å²) in [4.78, 5) is 24.1. The minimum absolute atomic E-state index is 0.0284. The molecule has 3 N–H and O–H groups in total. The van der Waals surface area contributed by atoms with Crippen molar-refractivity contribution in [2.24, 2.45) is 0 Å². The van der Waals surface area contributed by atoms with Crippen molar-refractivity contribution in [3.05, 3.63) is 29.8 Å². The number of anilines is 1. The summed E-state index contributed by atoms with van der Waals surface area (Å²) in [7, 11) is 0. The van der Waals surface area contributed by atoms with Crippen molar-refractivity contribution in [1.29, 1.82) is 0 Å². The molecular formula is C16H23N3O2. The van der Waals surface area contributed by atoms with E-state index in [0.29, 0.717) is 11.3 Å². The smallest absolute Gasteiger partial charge is 0.251 e. The SMILES string of the molecule is CC(C)NC(=O)c1ccc(NC(=O)C2(C)CCCN2)cc1. The van der Waals surface area contributed by atoms with E-state index in [4.69, 9.17) is 0 Å². The van der Waals surface area contributed by atoms with Crippen molar-refractivity contribution in [2.45, 2.75) is 45.2 Å². The minimum Gasteiger partial charge on any atom is -0.350 e. The maximum Gasteiger partial charge on any atom is 0.251 e. The van der Waals surface area contributed by atoms with Gasteiger partial charge in [0.25, 0.3) is 5.91 Å². The van der Waals surface area contributed by atoms with E-state index in [0.717, 1.165) is 19.4 Å². The Labute approximate surface area is 125 Å². The predicted molar refractivity (Wildman–Crippen MR) is 83.3 cm³/mol. The van der Waals surface area contributed by atoms with Crippen LogP contribution in [0.1, 0.15) is 44.0 Å². The zero-order valence-corrected chi connectivity index (χ0v) is 12.8. The molecule has 1 aromatic carbocycles. The highest BCUT2D eigenvalue weighted by Crippen LogP contribution is 2.21. The third-order valence-electron chi connectivity index (χ3n) is 3.69. The average Bonchev–Trinajstić information content (AvgIpc) is 2.87. The second-order valence-electron chi connectivity index (χ2n) is 6.02. The highest BCUT2D eigenvalue weighted by atomic mass is 16.2. The number of carbonyl (C=O) groups is 2. The van der Waals surface area contributed by atoms with E-state index in [1.54, 1.807) is 24.3 Å². The quantitative estimate of drug-likeness (QED) is 0.793. The van der Waals surface area contributed by atoms with Crippen LogP contribution in [0.25, 0.3) is 0 Å². The van der Waals surface area contributed by atoms with Crippen molar-refractivity contribution in [3.8, 4) is 0 Å². The van der Waals surface area contributed by atoms with Gasteiger partial charge in [0, 0.05) is 17.3 Å². The molecule has 5 nitrogen and oxygen atoms in total. The van der Waals surface area contributed by atoms with Crippen LogP contribution in [0.4, 0.5) is 5.69 Å². The molecule has 1 fully saturated rings. The van der Waals surface area contributed by atoms with E-state index in [9.17, 15) is 9.59 Å². The molecule has 1 aliphatic heterocycles. The first-order valence-electron chi connectivity index (χ1n) is 7.38. The minimum atomic E-state index is -0.492. The monoisotopic (exact) mass is 289 g/mol. The lowest BCUT2D eigenvalue weighted by molar-refractivity contribution is -0.121. The third-order valence-corrected chi connectivity index (χ3v) is 3.69. The van der Waals surface area contributed by atoms with Crippen LogP contribution in [0.5, 0.6) is 0 Å². The summed E-state index contributed by atoms with van der Waals surface area (Å²) in [5.74, 6) is -0.133. The molecule has 114 valence electrons. The van der Waals surface area contributed by atoms with Gasteiger partial charge in [-0.05, 0) is 64.4 Å². The Kier molecular flexibility index (Phi) is 4.63. The highest BCUT2D eigenvalue weighted by molar-refractivity contribution is 5.99. The van der Waals surface area contributed by atoms with Crippen LogP contribution in [0, 0.1) is 0 Å². The summed E-state index contributed by atoms with van der Waals surface area (Å²) in [5, 5.41) is 8.96. The summed E-state index contributed by atoms with van der Waals surface area (Å²) < 4.78 is 0. The van der Waals surface area contributed by atoms with Crippen molar-refractivity contribution in [3.63, 3.8) is 0 Å². The molecule has 0 bridgehead atoms. The molecule has 0 aliphatic carbocycles. The summed E-state index contributed by atoms with van der Waals surface area (Å²) in [6.45, 7) is 6.63. The first-order valence-corrected chi connectivity index (χ1v) is 7.38. The van der Waals surface area contributed by atoms with Crippen LogP contribution in [-0.4, -0.2) is 29.9 Å². The van der Waals surface area contributed by atoms with Gasteiger partial charge in [-0.25, -0.2) is 0 Å². The molecule has 1 heterocycles. The molecule has 21 heavy (non-hydrogen) atoms. The zero-order chi connectivity index (χ0) is 15.5. The van der Waals surface area contributed by atoms with E-state index < -0.39 is 5.54 Å². The first kappa shape index (κ1) is 15.5. The number of rotatable bonds is 4. The molecule has 1 aromatic rings. The Morgan fingerprint density at radius 2 is 1.90 bits per heavy atom. The van der Waals surface area contributed by atoms with E-state index in [1.165, 1.54) is 0 Å². The standard InChI is InChI=1S/C16H23N3O2/c1-11(2)18-14(20)12-5-7-13(8-6-12)19-15(21)16(3)9-4-10-17-16/h5-8,11,17H,4,9-10H2,1-3H3,(H,18,20)(H,19,21). The fourth-order valence-electron chi connectivity index (χ4n) is 2.41. The van der Waals surface area contributed by atoms with Gasteiger partial charge in [0.2, 0.25) is 5.91 Å². The number of hydrogen-bond donors (Lipinski definition) is 3. The van der Waals surface area contributed by atoms with Crippen LogP contribution in [0.2, 0.25) is 0 Å². The molecule has 1 aliphatic rings. The molecule has 0 aromatic heterocycles. The summed E-state index contributed by atoms with van der Waals surface area (Å²) >= 11 is 0. The first-order chi connectivity index (χ1) is 9.90. The summed E-state index contributed by atoms with van der Waals surface area (Å²) in [6, 6.07) is 7.05. The molecule has 0 radical (unpaired) electrons. The van der Waals surface area contributed by atoms with E-state index in [1.807, 2.05) is 20.8 Å². The molecule has 1 atom stereocenters. The summed E-state index contributed by atoms with van der Waals surface area (Å²) in [6.07, 6.45) is 1.85. The Bertz CT molecular complexity index is 517. The van der Waals surface area contributed by atoms with Gasteiger partial charge in [-0.1, -0.05) is 0 Å². The Hall–Kier alpha value is -1.88. The molecular weight excluding hydrogens is 266 g/mol. The molecule has 2 rings (SSSR count). The molecule has 5 heteroatoms. The molecule has 0 saturated carbocycles. The zero-order valence-electron chi connectivity index (χ0n) is 12.8. The van der Waals surface area contributed by atoms with Crippen molar-refractivity contribution in [2.75, 3.05) is 11.9 Å². The van der Waals surface area contributed by atoms with Crippen molar-refractivity contribution < 1.29 is 9.59 Å². The second kappa shape index (κ2) is 6.26. The topological polar surface area (TPSA) is 70.2 Å². The maximum atomic E-state index is 12.2. The van der Waals surface area contributed by atoms with Crippen LogP contribution in [-0.2, 0) is 4.79 Å². The van der Waals surface area contributed by atoms with Gasteiger partial charge < -0.3 is 16.0 Å². The molecule has 1 saturated heterocycles. The third kappa shape index (κ3) is 3.82. The van der Waals surface area contributed by atoms with E-state index >= 15 is 0 Å². The number of hydrogen-bond acceptors (Lipinski definition) is 3. The van der Waals surface area contributed by atoms with Crippen molar-refractivity contribution in [1.82, 2.24) is 10.6 Å². The normalized spacial score (nSPS) is 21.3. The molecule has 1 unspecified atom stereocenters. The van der Waals surface area contributed by atoms with Gasteiger partial charge in [-0.15, -0.1) is 0 Å². The van der Waals surface area contributed by atoms with Gasteiger partial charge in [0.1, 0.15) is 0 Å². The summed E-state index contributed by atoms with van der Waals surface area (Å²) in [5.41, 5.74) is 0.802. The Balaban J connectivity index is 1.99. The van der Waals surface area contributed by atoms with Crippen molar-refractivity contribution >= 4 is 17.5 Å². The fourth-order valence-corrected chi connectivity index (χ4v) is 2.41. The second-order valence-corrected chi connectivity index (χ2v) is 6.02. The highest BCUT2D eigenvalue weighted by Gasteiger charge is 2.35. The lowest BCUT2D eigenvalue weighted by Crippen LogP contribution is -2.47. The van der Waals surface area contributed by atoms with Gasteiger partial charge in [0.15, 0.2) is 0 Å². The number of nitrogens with one attached hydrogen (secondary N) is 3. The van der Waals surface area contributed by atoms with Crippen LogP contribution < -0.4 is 16.0 Å². The van der Waals surface area contributed by atoms with Gasteiger partial charge in [-0.3, -0.25) is 9.59 Å². The lowest BCUT2D eigenvalue weighted by atomic mass is 9.99.